The lowest BCUT2D eigenvalue weighted by atomic mass is 10.0. The lowest BCUT2D eigenvalue weighted by molar-refractivity contribution is -0.113. The van der Waals surface area contributed by atoms with E-state index in [4.69, 9.17) is 33.3 Å². The number of amides is 1. The number of anilines is 1. The van der Waals surface area contributed by atoms with E-state index in [1.54, 1.807) is 24.3 Å². The Kier molecular flexibility index (Phi) is 7.58. The van der Waals surface area contributed by atoms with E-state index >= 15 is 0 Å². The zero-order valence-electron chi connectivity index (χ0n) is 16.8. The van der Waals surface area contributed by atoms with Gasteiger partial charge in [-0.15, -0.1) is 6.58 Å². The van der Waals surface area contributed by atoms with Crippen molar-refractivity contribution in [1.82, 2.24) is 0 Å². The fraction of sp³-hybridized carbons (Fsp3) is 0.217. The van der Waals surface area contributed by atoms with E-state index in [1.165, 1.54) is 16.7 Å². The Hall–Kier alpha value is -2.28. The summed E-state index contributed by atoms with van der Waals surface area (Å²) in [5, 5.41) is 0.604. The highest BCUT2D eigenvalue weighted by Gasteiger charge is 2.33. The summed E-state index contributed by atoms with van der Waals surface area (Å²) in [4.78, 5) is 15.1. The molecule has 2 aromatic carbocycles. The Morgan fingerprint density at radius 2 is 1.87 bits per heavy atom. The van der Waals surface area contributed by atoms with Crippen LogP contribution in [0.5, 0.6) is 11.5 Å². The average molecular weight is 460 g/mol. The predicted octanol–water partition coefficient (Wildman–Crippen LogP) is 6.27. The van der Waals surface area contributed by atoms with Crippen molar-refractivity contribution in [3.63, 3.8) is 0 Å². The van der Waals surface area contributed by atoms with Crippen LogP contribution in [0.3, 0.4) is 0 Å². The van der Waals surface area contributed by atoms with Crippen LogP contribution in [0.2, 0.25) is 5.02 Å². The zero-order valence-corrected chi connectivity index (χ0v) is 19.2. The number of hydrogen-bond acceptors (Lipinski definition) is 5. The largest absolute Gasteiger partial charge is 0.490 e. The van der Waals surface area contributed by atoms with E-state index in [-0.39, 0.29) is 5.91 Å². The zero-order chi connectivity index (χ0) is 21.7. The van der Waals surface area contributed by atoms with Crippen molar-refractivity contribution in [1.29, 1.82) is 0 Å². The highest BCUT2D eigenvalue weighted by molar-refractivity contribution is 8.27. The molecular weight excluding hydrogens is 438 g/mol. The summed E-state index contributed by atoms with van der Waals surface area (Å²) >= 11 is 12.7. The van der Waals surface area contributed by atoms with E-state index in [0.717, 1.165) is 11.1 Å². The van der Waals surface area contributed by atoms with Gasteiger partial charge in [-0.1, -0.05) is 41.7 Å². The van der Waals surface area contributed by atoms with E-state index < -0.39 is 0 Å². The number of carbonyl (C=O) groups excluding carboxylic acids is 1. The van der Waals surface area contributed by atoms with Crippen LogP contribution in [0.25, 0.3) is 6.08 Å². The molecule has 1 heterocycles. The van der Waals surface area contributed by atoms with Crippen LogP contribution >= 0.6 is 35.6 Å². The second kappa shape index (κ2) is 10.2. The molecule has 156 valence electrons. The lowest BCUT2D eigenvalue weighted by Crippen LogP contribution is -2.27. The van der Waals surface area contributed by atoms with Gasteiger partial charge in [0.15, 0.2) is 15.8 Å². The van der Waals surface area contributed by atoms with Gasteiger partial charge in [0.05, 0.1) is 23.8 Å². The van der Waals surface area contributed by atoms with E-state index in [2.05, 4.69) is 6.58 Å². The first kappa shape index (κ1) is 22.4. The maximum atomic E-state index is 13.0. The molecule has 0 radical (unpaired) electrons. The number of thioether (sulfide) groups is 1. The molecule has 0 unspecified atom stereocenters. The fourth-order valence-electron chi connectivity index (χ4n) is 3.08. The third kappa shape index (κ3) is 4.89. The van der Waals surface area contributed by atoms with E-state index in [1.807, 2.05) is 38.1 Å². The quantitative estimate of drug-likeness (QED) is 0.264. The Bertz CT molecular complexity index is 1000. The van der Waals surface area contributed by atoms with Gasteiger partial charge >= 0.3 is 0 Å². The number of hydrogen-bond donors (Lipinski definition) is 0. The number of allylic oxidation sites excluding steroid dienone is 1. The molecule has 0 aromatic heterocycles. The first-order chi connectivity index (χ1) is 14.5. The minimum atomic E-state index is -0.163. The van der Waals surface area contributed by atoms with Gasteiger partial charge in [-0.05, 0) is 68.3 Å². The van der Waals surface area contributed by atoms with Crippen molar-refractivity contribution < 1.29 is 14.3 Å². The van der Waals surface area contributed by atoms with Crippen molar-refractivity contribution in [2.45, 2.75) is 20.3 Å². The molecule has 0 atom stereocenters. The Morgan fingerprint density at radius 1 is 1.17 bits per heavy atom. The molecule has 0 N–H and O–H groups in total. The van der Waals surface area contributed by atoms with E-state index in [9.17, 15) is 4.79 Å². The molecule has 1 amide bonds. The minimum Gasteiger partial charge on any atom is -0.490 e. The highest BCUT2D eigenvalue weighted by atomic mass is 35.5. The monoisotopic (exact) mass is 459 g/mol. The van der Waals surface area contributed by atoms with Crippen molar-refractivity contribution >= 4 is 57.6 Å². The number of halogens is 1. The molecule has 1 fully saturated rings. The Balaban J connectivity index is 1.99. The molecule has 3 rings (SSSR count). The van der Waals surface area contributed by atoms with Crippen LogP contribution in [0, 0.1) is 0 Å². The van der Waals surface area contributed by atoms with Crippen molar-refractivity contribution in [3.8, 4) is 11.5 Å². The summed E-state index contributed by atoms with van der Waals surface area (Å²) < 4.78 is 12.1. The molecule has 0 bridgehead atoms. The van der Waals surface area contributed by atoms with Gasteiger partial charge in [0, 0.05) is 10.6 Å². The molecule has 30 heavy (non-hydrogen) atoms. The summed E-state index contributed by atoms with van der Waals surface area (Å²) in [6.07, 6.45) is 4.28. The average Bonchev–Trinajstić information content (AvgIpc) is 2.99. The summed E-state index contributed by atoms with van der Waals surface area (Å²) in [5.74, 6) is 1.20. The molecule has 0 aliphatic carbocycles. The molecule has 1 aliphatic heterocycles. The third-order valence-electron chi connectivity index (χ3n) is 4.28. The molecule has 1 aliphatic rings. The molecule has 4 nitrogen and oxygen atoms in total. The summed E-state index contributed by atoms with van der Waals surface area (Å²) in [5.41, 5.74) is 2.49. The van der Waals surface area contributed by atoms with Gasteiger partial charge in [-0.2, -0.15) is 0 Å². The van der Waals surface area contributed by atoms with Crippen LogP contribution in [0.1, 0.15) is 25.0 Å². The molecule has 7 heteroatoms. The van der Waals surface area contributed by atoms with Crippen molar-refractivity contribution in [3.05, 3.63) is 70.1 Å². The first-order valence-electron chi connectivity index (χ1n) is 9.55. The maximum absolute atomic E-state index is 13.0. The van der Waals surface area contributed by atoms with Gasteiger partial charge in [0.25, 0.3) is 5.91 Å². The van der Waals surface area contributed by atoms with Gasteiger partial charge in [0.2, 0.25) is 0 Å². The molecule has 1 saturated heterocycles. The number of rotatable bonds is 8. The minimum absolute atomic E-state index is 0.163. The van der Waals surface area contributed by atoms with Gasteiger partial charge in [0.1, 0.15) is 0 Å². The number of thiocarbonyl (C=S) groups is 1. The van der Waals surface area contributed by atoms with Crippen molar-refractivity contribution in [2.24, 2.45) is 0 Å². The Labute approximate surface area is 191 Å². The second-order valence-corrected chi connectivity index (χ2v) is 8.47. The number of carbonyl (C=O) groups is 1. The molecule has 0 spiro atoms. The van der Waals surface area contributed by atoms with Crippen molar-refractivity contribution in [2.75, 3.05) is 18.1 Å². The van der Waals surface area contributed by atoms with Crippen LogP contribution < -0.4 is 14.4 Å². The summed E-state index contributed by atoms with van der Waals surface area (Å²) in [6, 6.07) is 10.9. The topological polar surface area (TPSA) is 38.8 Å². The predicted molar refractivity (Wildman–Crippen MR) is 130 cm³/mol. The number of benzene rings is 2. The van der Waals surface area contributed by atoms with Gasteiger partial charge in [-0.3, -0.25) is 9.69 Å². The third-order valence-corrected chi connectivity index (χ3v) is 5.84. The summed E-state index contributed by atoms with van der Waals surface area (Å²) in [6.45, 7) is 8.73. The van der Waals surface area contributed by atoms with Crippen LogP contribution in [-0.2, 0) is 11.2 Å². The van der Waals surface area contributed by atoms with E-state index in [0.29, 0.717) is 51.1 Å². The second-order valence-electron chi connectivity index (χ2n) is 6.36. The van der Waals surface area contributed by atoms with Crippen LogP contribution in [0.4, 0.5) is 5.69 Å². The normalized spacial score (nSPS) is 15.0. The molecule has 2 aromatic rings. The standard InChI is InChI=1S/C23H22ClNO3S2/c1-4-7-16-12-15(13-19(27-5-2)21(16)28-6-3)14-20-22(26)25(23(29)30-20)18-10-8-17(24)9-11-18/h4,8-14H,1,5-7H2,2-3H3/b20-14-. The van der Waals surface area contributed by atoms with Crippen LogP contribution in [0.15, 0.2) is 54.0 Å². The lowest BCUT2D eigenvalue weighted by Gasteiger charge is -2.16. The maximum Gasteiger partial charge on any atom is 0.270 e. The molecular formula is C23H22ClNO3S2. The SMILES string of the molecule is C=CCc1cc(/C=C2\SC(=S)N(c3ccc(Cl)cc3)C2=O)cc(OCC)c1OCC. The molecule has 0 saturated carbocycles. The Morgan fingerprint density at radius 3 is 2.50 bits per heavy atom. The fourth-order valence-corrected chi connectivity index (χ4v) is 4.50. The van der Waals surface area contributed by atoms with Crippen LogP contribution in [-0.4, -0.2) is 23.4 Å². The highest BCUT2D eigenvalue weighted by Crippen LogP contribution is 2.39. The number of nitrogens with zero attached hydrogens (tertiary/aromatic N) is 1. The number of ether oxygens (including phenoxy) is 2. The van der Waals surface area contributed by atoms with Gasteiger partial charge in [-0.25, -0.2) is 0 Å². The summed E-state index contributed by atoms with van der Waals surface area (Å²) in [7, 11) is 0. The smallest absolute Gasteiger partial charge is 0.270 e. The van der Waals surface area contributed by atoms with Gasteiger partial charge < -0.3 is 9.47 Å². The first-order valence-corrected chi connectivity index (χ1v) is 11.2.